The molecule has 0 aromatic carbocycles. The Labute approximate surface area is 62.4 Å². The summed E-state index contributed by atoms with van der Waals surface area (Å²) in [5.41, 5.74) is 0. The Bertz CT molecular complexity index is 233. The average Bonchev–Trinajstić information content (AvgIpc) is 1.94. The van der Waals surface area contributed by atoms with Crippen LogP contribution in [0.2, 0.25) is 0 Å². The normalized spacial score (nSPS) is 29.7. The van der Waals surface area contributed by atoms with Gasteiger partial charge in [0.2, 0.25) is 0 Å². The standard InChI is InChI=1S/C6H7NO4/c8-5-2-1-4(7(10)11)3-6(5)9/h1-5,8-9H. The average molecular weight is 157 g/mol. The maximum absolute atomic E-state index is 10.1. The van der Waals surface area contributed by atoms with Crippen LogP contribution >= 0.6 is 0 Å². The van der Waals surface area contributed by atoms with Crippen LogP contribution in [0.25, 0.3) is 0 Å². The zero-order chi connectivity index (χ0) is 8.43. The molecule has 5 nitrogen and oxygen atoms in total. The molecule has 2 N–H and O–H groups in total. The van der Waals surface area contributed by atoms with Gasteiger partial charge in [0.15, 0.2) is 0 Å². The van der Waals surface area contributed by atoms with Crippen LogP contribution in [-0.4, -0.2) is 27.3 Å². The van der Waals surface area contributed by atoms with Crippen molar-refractivity contribution in [1.29, 1.82) is 0 Å². The van der Waals surface area contributed by atoms with Gasteiger partial charge in [-0.15, -0.1) is 0 Å². The van der Waals surface area contributed by atoms with E-state index in [-0.39, 0.29) is 5.76 Å². The van der Waals surface area contributed by atoms with E-state index in [4.69, 9.17) is 10.2 Å². The van der Waals surface area contributed by atoms with E-state index >= 15 is 0 Å². The second-order valence-electron chi connectivity index (χ2n) is 2.20. The van der Waals surface area contributed by atoms with Gasteiger partial charge in [0.25, 0.3) is 6.04 Å². The predicted octanol–water partition coefficient (Wildman–Crippen LogP) is 0.00430. The molecule has 0 aliphatic heterocycles. The first kappa shape index (κ1) is 7.74. The van der Waals surface area contributed by atoms with E-state index in [0.29, 0.717) is 0 Å². The molecule has 0 fully saturated rings. The number of nitrogens with zero attached hydrogens (tertiary/aromatic N) is 1. The Morgan fingerprint density at radius 2 is 2.18 bits per heavy atom. The number of hydrogen-bond acceptors (Lipinski definition) is 4. The zero-order valence-corrected chi connectivity index (χ0v) is 5.54. The van der Waals surface area contributed by atoms with Gasteiger partial charge < -0.3 is 10.2 Å². The Morgan fingerprint density at radius 1 is 1.55 bits per heavy atom. The molecule has 60 valence electrons. The first-order chi connectivity index (χ1) is 5.11. The van der Waals surface area contributed by atoms with Crippen LogP contribution in [0.3, 0.4) is 0 Å². The van der Waals surface area contributed by atoms with E-state index in [2.05, 4.69) is 0 Å². The summed E-state index contributed by atoms with van der Waals surface area (Å²) < 4.78 is 0. The molecule has 0 heterocycles. The van der Waals surface area contributed by atoms with E-state index in [1.165, 1.54) is 12.2 Å². The SMILES string of the molecule is O=[N+]([O-])C1C=CC(O)C(O)=C1. The largest absolute Gasteiger partial charge is 0.509 e. The molecule has 2 unspecified atom stereocenters. The van der Waals surface area contributed by atoms with Crippen LogP contribution in [0.1, 0.15) is 0 Å². The highest BCUT2D eigenvalue weighted by Gasteiger charge is 2.21. The topological polar surface area (TPSA) is 83.6 Å². The minimum atomic E-state index is -1.09. The summed E-state index contributed by atoms with van der Waals surface area (Å²) >= 11 is 0. The number of aliphatic hydroxyl groups is 2. The number of aliphatic hydroxyl groups excluding tert-OH is 2. The fraction of sp³-hybridized carbons (Fsp3) is 0.333. The molecule has 0 aromatic rings. The van der Waals surface area contributed by atoms with Gasteiger partial charge >= 0.3 is 0 Å². The van der Waals surface area contributed by atoms with Crippen molar-refractivity contribution in [2.24, 2.45) is 0 Å². The third-order valence-corrected chi connectivity index (χ3v) is 1.38. The van der Waals surface area contributed by atoms with Crippen LogP contribution in [0.15, 0.2) is 24.0 Å². The molecule has 0 aromatic heterocycles. The maximum atomic E-state index is 10.1. The smallest absolute Gasteiger partial charge is 0.253 e. The predicted molar refractivity (Wildman–Crippen MR) is 36.6 cm³/mol. The van der Waals surface area contributed by atoms with Crippen molar-refractivity contribution in [3.8, 4) is 0 Å². The Hall–Kier alpha value is -1.36. The van der Waals surface area contributed by atoms with Crippen molar-refractivity contribution < 1.29 is 15.1 Å². The lowest BCUT2D eigenvalue weighted by molar-refractivity contribution is -0.497. The van der Waals surface area contributed by atoms with Crippen LogP contribution in [-0.2, 0) is 0 Å². The second kappa shape index (κ2) is 2.71. The molecule has 0 bridgehead atoms. The van der Waals surface area contributed by atoms with Gasteiger partial charge in [0.05, 0.1) is 0 Å². The monoisotopic (exact) mass is 157 g/mol. The van der Waals surface area contributed by atoms with Crippen LogP contribution in [0.5, 0.6) is 0 Å². The molecular weight excluding hydrogens is 150 g/mol. The third-order valence-electron chi connectivity index (χ3n) is 1.38. The number of nitro groups is 1. The van der Waals surface area contributed by atoms with Gasteiger partial charge in [0.1, 0.15) is 11.9 Å². The number of hydrogen-bond donors (Lipinski definition) is 2. The molecule has 2 atom stereocenters. The summed E-state index contributed by atoms with van der Waals surface area (Å²) in [6.07, 6.45) is 2.32. The summed E-state index contributed by atoms with van der Waals surface area (Å²) in [4.78, 5) is 9.57. The summed E-state index contributed by atoms with van der Waals surface area (Å²) in [6, 6.07) is -1.02. The molecule has 0 spiro atoms. The van der Waals surface area contributed by atoms with Gasteiger partial charge in [-0.3, -0.25) is 10.1 Å². The molecule has 1 aliphatic carbocycles. The molecule has 0 saturated carbocycles. The third kappa shape index (κ3) is 1.56. The molecule has 11 heavy (non-hydrogen) atoms. The minimum absolute atomic E-state index is 0.366. The van der Waals surface area contributed by atoms with E-state index in [1.54, 1.807) is 0 Å². The first-order valence-corrected chi connectivity index (χ1v) is 3.02. The van der Waals surface area contributed by atoms with Gasteiger partial charge in [0, 0.05) is 11.0 Å². The van der Waals surface area contributed by atoms with Gasteiger partial charge in [-0.1, -0.05) is 0 Å². The number of rotatable bonds is 1. The molecule has 0 saturated heterocycles. The highest BCUT2D eigenvalue weighted by Crippen LogP contribution is 2.10. The van der Waals surface area contributed by atoms with Crippen molar-refractivity contribution in [2.75, 3.05) is 0 Å². The van der Waals surface area contributed by atoms with Crippen molar-refractivity contribution >= 4 is 0 Å². The summed E-state index contributed by atoms with van der Waals surface area (Å²) in [5, 5.41) is 27.8. The lowest BCUT2D eigenvalue weighted by Gasteiger charge is -2.10. The highest BCUT2D eigenvalue weighted by atomic mass is 16.6. The van der Waals surface area contributed by atoms with Crippen LogP contribution in [0, 0.1) is 10.1 Å². The Balaban J connectivity index is 2.77. The quantitative estimate of drug-likeness (QED) is 0.319. The van der Waals surface area contributed by atoms with Gasteiger partial charge in [-0.05, 0) is 12.2 Å². The maximum Gasteiger partial charge on any atom is 0.253 e. The fourth-order valence-electron chi connectivity index (χ4n) is 0.778. The van der Waals surface area contributed by atoms with E-state index < -0.39 is 17.1 Å². The molecular formula is C6H7NO4. The van der Waals surface area contributed by atoms with E-state index in [1.807, 2.05) is 0 Å². The Kier molecular flexibility index (Phi) is 1.91. The molecule has 1 aliphatic rings. The fourth-order valence-corrected chi connectivity index (χ4v) is 0.778. The van der Waals surface area contributed by atoms with Gasteiger partial charge in [-0.25, -0.2) is 0 Å². The van der Waals surface area contributed by atoms with Crippen LogP contribution < -0.4 is 0 Å². The lowest BCUT2D eigenvalue weighted by Crippen LogP contribution is -2.21. The second-order valence-corrected chi connectivity index (χ2v) is 2.20. The van der Waals surface area contributed by atoms with Crippen molar-refractivity contribution in [3.05, 3.63) is 34.1 Å². The van der Waals surface area contributed by atoms with Crippen molar-refractivity contribution in [2.45, 2.75) is 12.1 Å². The van der Waals surface area contributed by atoms with E-state index in [9.17, 15) is 10.1 Å². The highest BCUT2D eigenvalue weighted by molar-refractivity contribution is 5.19. The van der Waals surface area contributed by atoms with Crippen molar-refractivity contribution in [1.82, 2.24) is 0 Å². The lowest BCUT2D eigenvalue weighted by atomic mass is 10.1. The molecule has 0 amide bonds. The minimum Gasteiger partial charge on any atom is -0.509 e. The van der Waals surface area contributed by atoms with Crippen molar-refractivity contribution in [3.63, 3.8) is 0 Å². The van der Waals surface area contributed by atoms with E-state index in [0.717, 1.165) is 6.08 Å². The molecule has 1 rings (SSSR count). The van der Waals surface area contributed by atoms with Gasteiger partial charge in [-0.2, -0.15) is 0 Å². The zero-order valence-electron chi connectivity index (χ0n) is 5.54. The summed E-state index contributed by atoms with van der Waals surface area (Å²) in [7, 11) is 0. The summed E-state index contributed by atoms with van der Waals surface area (Å²) in [5.74, 6) is -0.366. The first-order valence-electron chi connectivity index (χ1n) is 3.02. The molecule has 5 heteroatoms. The molecule has 0 radical (unpaired) electrons. The Morgan fingerprint density at radius 3 is 2.64 bits per heavy atom. The summed E-state index contributed by atoms with van der Waals surface area (Å²) in [6.45, 7) is 0. The van der Waals surface area contributed by atoms with Crippen LogP contribution in [0.4, 0.5) is 0 Å².